The Morgan fingerprint density at radius 2 is 2.07 bits per heavy atom. The van der Waals surface area contributed by atoms with Crippen LogP contribution in [0.15, 0.2) is 23.2 Å². The third-order valence-electron chi connectivity index (χ3n) is 6.00. The van der Waals surface area contributed by atoms with Crippen molar-refractivity contribution in [2.45, 2.75) is 65.5 Å². The molecule has 0 bridgehead atoms. The minimum atomic E-state index is -0.370. The maximum absolute atomic E-state index is 13.1. The number of aromatic nitrogens is 1. The molecule has 2 amide bonds. The fraction of sp³-hybridized carbons (Fsp3) is 0.609. The molecule has 2 atom stereocenters. The van der Waals surface area contributed by atoms with Gasteiger partial charge in [-0.1, -0.05) is 38.5 Å². The quantitative estimate of drug-likeness (QED) is 0.726. The van der Waals surface area contributed by atoms with Crippen molar-refractivity contribution in [3.8, 4) is 0 Å². The van der Waals surface area contributed by atoms with E-state index in [-0.39, 0.29) is 29.3 Å². The van der Waals surface area contributed by atoms with Gasteiger partial charge in [0.2, 0.25) is 11.8 Å². The van der Waals surface area contributed by atoms with Crippen molar-refractivity contribution >= 4 is 28.7 Å². The predicted molar refractivity (Wildman–Crippen MR) is 122 cm³/mol. The van der Waals surface area contributed by atoms with E-state index in [1.54, 1.807) is 16.2 Å². The van der Waals surface area contributed by atoms with Crippen molar-refractivity contribution in [2.75, 3.05) is 20.1 Å². The van der Waals surface area contributed by atoms with Crippen LogP contribution in [0.5, 0.6) is 0 Å². The van der Waals surface area contributed by atoms with E-state index in [0.29, 0.717) is 13.1 Å². The van der Waals surface area contributed by atoms with E-state index < -0.39 is 0 Å². The summed E-state index contributed by atoms with van der Waals surface area (Å²) in [5.41, 5.74) is 5.30. The van der Waals surface area contributed by atoms with Crippen molar-refractivity contribution < 1.29 is 9.59 Å². The molecule has 2 unspecified atom stereocenters. The van der Waals surface area contributed by atoms with Crippen LogP contribution in [0.3, 0.4) is 0 Å². The number of carbonyl (C=O) groups excluding carboxylic acids is 2. The number of allylic oxidation sites excluding steroid dienone is 3. The Morgan fingerprint density at radius 1 is 1.30 bits per heavy atom. The topological polar surface area (TPSA) is 74.3 Å². The molecule has 0 aromatic carbocycles. The number of carbonyl (C=O) groups is 2. The Morgan fingerprint density at radius 3 is 2.63 bits per heavy atom. The van der Waals surface area contributed by atoms with Crippen LogP contribution in [-0.4, -0.2) is 53.9 Å². The third-order valence-corrected chi connectivity index (χ3v) is 7.01. The second-order valence-electron chi connectivity index (χ2n) is 9.28. The van der Waals surface area contributed by atoms with Crippen LogP contribution >= 0.6 is 11.3 Å². The van der Waals surface area contributed by atoms with E-state index in [9.17, 15) is 9.59 Å². The van der Waals surface area contributed by atoms with E-state index in [1.165, 1.54) is 16.0 Å². The lowest BCUT2D eigenvalue weighted by atomic mass is 9.86. The molecule has 1 aromatic rings. The molecule has 1 aromatic heterocycles. The molecule has 7 heteroatoms. The maximum atomic E-state index is 13.1. The minimum absolute atomic E-state index is 0.0204. The van der Waals surface area contributed by atoms with Crippen molar-refractivity contribution in [3.05, 3.63) is 33.8 Å². The standard InChI is InChI=1S/C23H34N4O2S/c1-15-19(30-14-26-15)17-10-8-16(9-11-17)13-25-21(28)18-7-6-12-27(18)22(29)20(24-5)23(2,3)4/h8,10,14,18,20,24H,6-7,9,11-13H2,1-5H3,(H,25,28). The normalized spacial score (nSPS) is 20.6. The minimum Gasteiger partial charge on any atom is -0.351 e. The first-order chi connectivity index (χ1) is 14.2. The first-order valence-electron chi connectivity index (χ1n) is 10.8. The van der Waals surface area contributed by atoms with Gasteiger partial charge in [0.15, 0.2) is 0 Å². The van der Waals surface area contributed by atoms with Crippen molar-refractivity contribution in [2.24, 2.45) is 5.41 Å². The smallest absolute Gasteiger partial charge is 0.243 e. The highest BCUT2D eigenvalue weighted by molar-refractivity contribution is 7.10. The molecule has 1 saturated heterocycles. The van der Waals surface area contributed by atoms with Gasteiger partial charge in [-0.3, -0.25) is 9.59 Å². The molecule has 2 N–H and O–H groups in total. The monoisotopic (exact) mass is 430 g/mol. The van der Waals surface area contributed by atoms with Crippen LogP contribution in [-0.2, 0) is 9.59 Å². The van der Waals surface area contributed by atoms with Gasteiger partial charge in [-0.25, -0.2) is 4.98 Å². The second-order valence-corrected chi connectivity index (χ2v) is 10.1. The molecule has 6 nitrogen and oxygen atoms in total. The number of nitrogens with zero attached hydrogens (tertiary/aromatic N) is 2. The number of hydrogen-bond donors (Lipinski definition) is 2. The molecule has 0 spiro atoms. The lowest BCUT2D eigenvalue weighted by Gasteiger charge is -2.34. The molecule has 0 radical (unpaired) electrons. The lowest BCUT2D eigenvalue weighted by Crippen LogP contribution is -2.55. The number of likely N-dealkylation sites (tertiary alicyclic amines) is 1. The summed E-state index contributed by atoms with van der Waals surface area (Å²) < 4.78 is 0. The number of likely N-dealkylation sites (N-methyl/N-ethyl adjacent to an activating group) is 1. The summed E-state index contributed by atoms with van der Waals surface area (Å²) >= 11 is 1.68. The van der Waals surface area contributed by atoms with Crippen LogP contribution in [0.25, 0.3) is 5.57 Å². The lowest BCUT2D eigenvalue weighted by molar-refractivity contribution is -0.141. The van der Waals surface area contributed by atoms with Crippen molar-refractivity contribution in [3.63, 3.8) is 0 Å². The Balaban J connectivity index is 1.59. The molecule has 30 heavy (non-hydrogen) atoms. The SMILES string of the molecule is CNC(C(=O)N1CCCC1C(=O)NCC1=CC=C(c2scnc2C)CC1)C(C)(C)C. The summed E-state index contributed by atoms with van der Waals surface area (Å²) in [6.07, 6.45) is 7.76. The molecule has 0 saturated carbocycles. The average Bonchev–Trinajstić information content (AvgIpc) is 3.35. The van der Waals surface area contributed by atoms with E-state index in [4.69, 9.17) is 0 Å². The average molecular weight is 431 g/mol. The van der Waals surface area contributed by atoms with Crippen LogP contribution in [0, 0.1) is 12.3 Å². The fourth-order valence-corrected chi connectivity index (χ4v) is 5.20. The number of hydrogen-bond acceptors (Lipinski definition) is 5. The molecule has 1 fully saturated rings. The van der Waals surface area contributed by atoms with Crippen molar-refractivity contribution in [1.82, 2.24) is 20.5 Å². The van der Waals surface area contributed by atoms with Gasteiger partial charge in [0.25, 0.3) is 0 Å². The number of thiazole rings is 1. The first-order valence-corrected chi connectivity index (χ1v) is 11.6. The van der Waals surface area contributed by atoms with Crippen molar-refractivity contribution in [1.29, 1.82) is 0 Å². The number of rotatable bonds is 6. The van der Waals surface area contributed by atoms with Gasteiger partial charge in [-0.05, 0) is 50.6 Å². The van der Waals surface area contributed by atoms with Gasteiger partial charge in [0, 0.05) is 13.1 Å². The molecule has 164 valence electrons. The summed E-state index contributed by atoms with van der Waals surface area (Å²) in [5.74, 6) is -0.0226. The van der Waals surface area contributed by atoms with Crippen LogP contribution in [0.4, 0.5) is 0 Å². The molecule has 2 heterocycles. The van der Waals surface area contributed by atoms with Gasteiger partial charge >= 0.3 is 0 Å². The zero-order valence-electron chi connectivity index (χ0n) is 18.7. The summed E-state index contributed by atoms with van der Waals surface area (Å²) in [7, 11) is 1.81. The molecule has 1 aliphatic heterocycles. The molecule has 1 aliphatic carbocycles. The Hall–Kier alpha value is -1.99. The van der Waals surface area contributed by atoms with Gasteiger partial charge < -0.3 is 15.5 Å². The van der Waals surface area contributed by atoms with E-state index in [1.807, 2.05) is 40.3 Å². The van der Waals surface area contributed by atoms with E-state index in [0.717, 1.165) is 31.4 Å². The zero-order chi connectivity index (χ0) is 21.9. The van der Waals surface area contributed by atoms with E-state index in [2.05, 4.69) is 27.8 Å². The summed E-state index contributed by atoms with van der Waals surface area (Å²) in [6.45, 7) is 9.36. The highest BCUT2D eigenvalue weighted by atomic mass is 32.1. The molecular formula is C23H34N4O2S. The summed E-state index contributed by atoms with van der Waals surface area (Å²) in [5, 5.41) is 6.21. The number of aryl methyl sites for hydroxylation is 1. The number of nitrogens with one attached hydrogen (secondary N) is 2. The molecule has 3 rings (SSSR count). The second kappa shape index (κ2) is 9.43. The molecule has 2 aliphatic rings. The van der Waals surface area contributed by atoms with E-state index >= 15 is 0 Å². The fourth-order valence-electron chi connectivity index (χ4n) is 4.34. The highest BCUT2D eigenvalue weighted by Gasteiger charge is 2.40. The third kappa shape index (κ3) is 5.01. The van der Waals surface area contributed by atoms with Gasteiger partial charge in [-0.2, -0.15) is 0 Å². The van der Waals surface area contributed by atoms with Gasteiger partial charge in [0.05, 0.1) is 22.1 Å². The van der Waals surface area contributed by atoms with Gasteiger partial charge in [-0.15, -0.1) is 11.3 Å². The first kappa shape index (κ1) is 22.7. The van der Waals surface area contributed by atoms with Crippen LogP contribution in [0.2, 0.25) is 0 Å². The Bertz CT molecular complexity index is 850. The van der Waals surface area contributed by atoms with Gasteiger partial charge in [0.1, 0.15) is 6.04 Å². The predicted octanol–water partition coefficient (Wildman–Crippen LogP) is 3.30. The maximum Gasteiger partial charge on any atom is 0.243 e. The number of amides is 2. The molecular weight excluding hydrogens is 396 g/mol. The largest absolute Gasteiger partial charge is 0.351 e. The summed E-state index contributed by atoms with van der Waals surface area (Å²) in [4.78, 5) is 33.3. The summed E-state index contributed by atoms with van der Waals surface area (Å²) in [6, 6.07) is -0.670. The Labute approximate surface area is 183 Å². The highest BCUT2D eigenvalue weighted by Crippen LogP contribution is 2.31. The Kier molecular flexibility index (Phi) is 7.14. The van der Waals surface area contributed by atoms with Crippen LogP contribution < -0.4 is 10.6 Å². The zero-order valence-corrected chi connectivity index (χ0v) is 19.6. The van der Waals surface area contributed by atoms with Crippen LogP contribution in [0.1, 0.15) is 57.0 Å².